The van der Waals surface area contributed by atoms with Gasteiger partial charge < -0.3 is 21.9 Å². The molecule has 1 fully saturated rings. The summed E-state index contributed by atoms with van der Waals surface area (Å²) < 4.78 is 0. The lowest BCUT2D eigenvalue weighted by Gasteiger charge is -2.03. The molecular weight excluding hydrogens is 214 g/mol. The molecule has 1 aliphatic rings. The number of nitrogens with one attached hydrogen (secondary N) is 1. The highest BCUT2D eigenvalue weighted by Gasteiger charge is 2.09. The Kier molecular flexibility index (Phi) is 10.0. The van der Waals surface area contributed by atoms with Gasteiger partial charge in [0.25, 0.3) is 0 Å². The van der Waals surface area contributed by atoms with Crippen molar-refractivity contribution in [1.82, 2.24) is 5.32 Å². The summed E-state index contributed by atoms with van der Waals surface area (Å²) in [4.78, 5) is 10.1. The topological polar surface area (TPSA) is 101 Å². The molecule has 1 aliphatic heterocycles. The number of hydrogen-bond donors (Lipinski definition) is 4. The van der Waals surface area contributed by atoms with Gasteiger partial charge in [-0.15, -0.1) is 11.8 Å². The van der Waals surface area contributed by atoms with E-state index in [-0.39, 0.29) is 0 Å². The minimum Gasteiger partial charge on any atom is -0.480 e. The van der Waals surface area contributed by atoms with Gasteiger partial charge >= 0.3 is 5.97 Å². The van der Waals surface area contributed by atoms with E-state index in [9.17, 15) is 4.79 Å². The van der Waals surface area contributed by atoms with Crippen LogP contribution in [-0.4, -0.2) is 41.8 Å². The molecule has 0 aromatic heterocycles. The zero-order chi connectivity index (χ0) is 11.5. The van der Waals surface area contributed by atoms with Gasteiger partial charge in [0.15, 0.2) is 0 Å². The van der Waals surface area contributed by atoms with Crippen molar-refractivity contribution < 1.29 is 9.90 Å². The monoisotopic (exact) mass is 235 g/mol. The highest BCUT2D eigenvalue weighted by molar-refractivity contribution is 7.99. The van der Waals surface area contributed by atoms with Crippen LogP contribution in [0.25, 0.3) is 0 Å². The molecule has 1 saturated heterocycles. The first-order valence-electron chi connectivity index (χ1n) is 5.15. The highest BCUT2D eigenvalue weighted by atomic mass is 32.2. The molecule has 0 spiro atoms. The first-order valence-corrected chi connectivity index (χ1v) is 6.31. The Hall–Kier alpha value is -0.300. The van der Waals surface area contributed by atoms with Gasteiger partial charge in [0, 0.05) is 18.2 Å². The number of unbranched alkanes of at least 4 members (excludes halogenated alkanes) is 1. The van der Waals surface area contributed by atoms with E-state index in [1.807, 2.05) is 11.8 Å². The molecule has 1 rings (SSSR count). The van der Waals surface area contributed by atoms with Gasteiger partial charge in [-0.2, -0.15) is 0 Å². The molecule has 0 bridgehead atoms. The van der Waals surface area contributed by atoms with E-state index in [1.54, 1.807) is 0 Å². The number of rotatable bonds is 5. The third-order valence-corrected chi connectivity index (χ3v) is 2.81. The fourth-order valence-electron chi connectivity index (χ4n) is 0.993. The molecule has 1 heterocycles. The molecule has 0 saturated carbocycles. The van der Waals surface area contributed by atoms with E-state index in [1.165, 1.54) is 18.2 Å². The van der Waals surface area contributed by atoms with Crippen LogP contribution in [-0.2, 0) is 4.79 Å². The minimum absolute atomic E-state index is 0.520. The zero-order valence-electron chi connectivity index (χ0n) is 8.95. The molecule has 1 atom stereocenters. The van der Waals surface area contributed by atoms with Gasteiger partial charge in [0.1, 0.15) is 6.04 Å². The quantitative estimate of drug-likeness (QED) is 0.493. The van der Waals surface area contributed by atoms with Gasteiger partial charge in [0.2, 0.25) is 0 Å². The number of thioether (sulfide) groups is 1. The van der Waals surface area contributed by atoms with Crippen molar-refractivity contribution in [3.8, 4) is 0 Å². The van der Waals surface area contributed by atoms with Gasteiger partial charge in [-0.3, -0.25) is 4.79 Å². The molecule has 6 heteroatoms. The summed E-state index contributed by atoms with van der Waals surface area (Å²) in [7, 11) is 0. The second kappa shape index (κ2) is 10.2. The number of nitrogens with two attached hydrogens (primary N) is 2. The second-order valence-electron chi connectivity index (χ2n) is 3.28. The lowest BCUT2D eigenvalue weighted by molar-refractivity contribution is -0.138. The molecule has 0 amide bonds. The highest BCUT2D eigenvalue weighted by Crippen LogP contribution is 1.99. The predicted molar refractivity (Wildman–Crippen MR) is 63.8 cm³/mol. The molecule has 6 N–H and O–H groups in total. The molecule has 0 radical (unpaired) electrons. The van der Waals surface area contributed by atoms with E-state index in [0.717, 1.165) is 12.8 Å². The maximum absolute atomic E-state index is 10.1. The molecular formula is C9H21N3O2S. The van der Waals surface area contributed by atoms with Crippen LogP contribution in [0.3, 0.4) is 0 Å². The first-order chi connectivity index (χ1) is 7.18. The van der Waals surface area contributed by atoms with E-state index in [0.29, 0.717) is 13.0 Å². The summed E-state index contributed by atoms with van der Waals surface area (Å²) in [5.41, 5.74) is 10.4. The number of aliphatic carboxylic acids is 1. The Bertz CT molecular complexity index is 158. The number of carbonyl (C=O) groups is 1. The largest absolute Gasteiger partial charge is 0.480 e. The van der Waals surface area contributed by atoms with Crippen LogP contribution >= 0.6 is 11.8 Å². The number of hydrogen-bond acceptors (Lipinski definition) is 5. The molecule has 0 aromatic rings. The van der Waals surface area contributed by atoms with Crippen molar-refractivity contribution in [3.05, 3.63) is 0 Å². The van der Waals surface area contributed by atoms with Crippen molar-refractivity contribution in [2.45, 2.75) is 25.3 Å². The summed E-state index contributed by atoms with van der Waals surface area (Å²) in [6.45, 7) is 1.82. The standard InChI is InChI=1S/C6H14N2O2.C3H7NS/c7-4-2-1-3-5(8)6(9)10;1-2-5-3-4-1/h5H,1-4,7-8H2,(H,9,10);4H,1-3H2. The SMILES string of the molecule is C1CSCN1.NCCCCC(N)C(=O)O. The van der Waals surface area contributed by atoms with Crippen molar-refractivity contribution in [3.63, 3.8) is 0 Å². The van der Waals surface area contributed by atoms with Crippen molar-refractivity contribution >= 4 is 17.7 Å². The maximum atomic E-state index is 10.1. The van der Waals surface area contributed by atoms with Gasteiger partial charge in [-0.1, -0.05) is 6.42 Å². The normalized spacial score (nSPS) is 16.7. The zero-order valence-corrected chi connectivity index (χ0v) is 9.76. The fourth-order valence-corrected chi connectivity index (χ4v) is 1.71. The summed E-state index contributed by atoms with van der Waals surface area (Å²) in [6.07, 6.45) is 2.16. The summed E-state index contributed by atoms with van der Waals surface area (Å²) in [5.74, 6) is 1.54. The van der Waals surface area contributed by atoms with Crippen molar-refractivity contribution in [1.29, 1.82) is 0 Å². The summed E-state index contributed by atoms with van der Waals surface area (Å²) >= 11 is 1.96. The molecule has 0 aromatic carbocycles. The van der Waals surface area contributed by atoms with Gasteiger partial charge in [-0.05, 0) is 19.4 Å². The third-order valence-electron chi connectivity index (χ3n) is 1.91. The van der Waals surface area contributed by atoms with Gasteiger partial charge in [0.05, 0.1) is 0 Å². The molecule has 15 heavy (non-hydrogen) atoms. The van der Waals surface area contributed by atoms with E-state index < -0.39 is 12.0 Å². The Morgan fingerprint density at radius 3 is 2.60 bits per heavy atom. The lowest BCUT2D eigenvalue weighted by Crippen LogP contribution is -2.29. The lowest BCUT2D eigenvalue weighted by atomic mass is 10.1. The average molecular weight is 235 g/mol. The smallest absolute Gasteiger partial charge is 0.320 e. The summed E-state index contributed by atoms with van der Waals surface area (Å²) in [5, 5.41) is 11.5. The Morgan fingerprint density at radius 1 is 1.53 bits per heavy atom. The van der Waals surface area contributed by atoms with Gasteiger partial charge in [-0.25, -0.2) is 0 Å². The van der Waals surface area contributed by atoms with Crippen LogP contribution in [0.1, 0.15) is 19.3 Å². The minimum atomic E-state index is -0.933. The van der Waals surface area contributed by atoms with Crippen LogP contribution in [0.5, 0.6) is 0 Å². The van der Waals surface area contributed by atoms with Crippen molar-refractivity contribution in [2.75, 3.05) is 24.7 Å². The van der Waals surface area contributed by atoms with E-state index in [2.05, 4.69) is 5.32 Å². The Balaban J connectivity index is 0.000000322. The van der Waals surface area contributed by atoms with Crippen LogP contribution in [0, 0.1) is 0 Å². The molecule has 90 valence electrons. The van der Waals surface area contributed by atoms with E-state index >= 15 is 0 Å². The number of carboxylic acid groups (broad SMARTS) is 1. The Morgan fingerprint density at radius 2 is 2.27 bits per heavy atom. The first kappa shape index (κ1) is 14.7. The average Bonchev–Trinajstić information content (AvgIpc) is 2.75. The van der Waals surface area contributed by atoms with Crippen molar-refractivity contribution in [2.24, 2.45) is 11.5 Å². The predicted octanol–water partition coefficient (Wildman–Crippen LogP) is -0.192. The summed E-state index contributed by atoms with van der Waals surface area (Å²) in [6, 6.07) is -0.716. The maximum Gasteiger partial charge on any atom is 0.320 e. The van der Waals surface area contributed by atoms with Crippen LogP contribution < -0.4 is 16.8 Å². The number of carboxylic acids is 1. The van der Waals surface area contributed by atoms with Crippen LogP contribution in [0.2, 0.25) is 0 Å². The second-order valence-corrected chi connectivity index (χ2v) is 4.39. The molecule has 5 nitrogen and oxygen atoms in total. The third kappa shape index (κ3) is 9.99. The van der Waals surface area contributed by atoms with Crippen LogP contribution in [0.15, 0.2) is 0 Å². The van der Waals surface area contributed by atoms with E-state index in [4.69, 9.17) is 16.6 Å². The Labute approximate surface area is 95.0 Å². The van der Waals surface area contributed by atoms with Crippen LogP contribution in [0.4, 0.5) is 0 Å². The fraction of sp³-hybridized carbons (Fsp3) is 0.889. The molecule has 0 aliphatic carbocycles. The molecule has 1 unspecified atom stereocenters.